The lowest BCUT2D eigenvalue weighted by atomic mass is 9.79. The second kappa shape index (κ2) is 8.31. The monoisotopic (exact) mass is 434 g/mol. The Balaban J connectivity index is 1.22. The van der Waals surface area contributed by atoms with Crippen molar-refractivity contribution in [3.63, 3.8) is 0 Å². The molecule has 2 N–H and O–H groups in total. The molecule has 2 aliphatic carbocycles. The van der Waals surface area contributed by atoms with Crippen molar-refractivity contribution in [1.82, 2.24) is 20.5 Å². The van der Waals surface area contributed by atoms with Crippen LogP contribution in [0, 0.1) is 0 Å². The summed E-state index contributed by atoms with van der Waals surface area (Å²) in [5.41, 5.74) is 6.30. The van der Waals surface area contributed by atoms with Gasteiger partial charge in [0.1, 0.15) is 5.52 Å². The SMILES string of the molecule is CN(C(=O)c1ccc(-c2nc3ccccc3o2)cc1)C1CCC(N(O)NC2(C)CCC2)C1. The van der Waals surface area contributed by atoms with E-state index in [2.05, 4.69) is 17.3 Å². The molecule has 3 aromatic rings. The molecule has 2 saturated carbocycles. The number of hydrazine groups is 1. The molecule has 0 saturated heterocycles. The maximum atomic E-state index is 13.1. The minimum absolute atomic E-state index is 0.00496. The molecule has 2 fully saturated rings. The van der Waals surface area contributed by atoms with E-state index in [1.807, 2.05) is 60.5 Å². The van der Waals surface area contributed by atoms with E-state index in [4.69, 9.17) is 4.42 Å². The third kappa shape index (κ3) is 4.03. The molecule has 0 aliphatic heterocycles. The Bertz CT molecular complexity index is 1070. The average molecular weight is 435 g/mol. The van der Waals surface area contributed by atoms with Crippen molar-refractivity contribution in [3.8, 4) is 11.5 Å². The maximum absolute atomic E-state index is 13.1. The van der Waals surface area contributed by atoms with Crippen LogP contribution >= 0.6 is 0 Å². The van der Waals surface area contributed by atoms with Crippen LogP contribution in [-0.2, 0) is 0 Å². The van der Waals surface area contributed by atoms with E-state index < -0.39 is 0 Å². The van der Waals surface area contributed by atoms with Crippen LogP contribution in [0.1, 0.15) is 55.8 Å². The molecule has 2 aromatic carbocycles. The molecule has 5 rings (SSSR count). The highest BCUT2D eigenvalue weighted by molar-refractivity contribution is 5.94. The summed E-state index contributed by atoms with van der Waals surface area (Å²) >= 11 is 0. The van der Waals surface area contributed by atoms with E-state index in [9.17, 15) is 10.0 Å². The van der Waals surface area contributed by atoms with Crippen LogP contribution in [0.4, 0.5) is 0 Å². The molecule has 32 heavy (non-hydrogen) atoms. The number of oxazole rings is 1. The van der Waals surface area contributed by atoms with Crippen molar-refractivity contribution in [2.45, 2.75) is 63.1 Å². The van der Waals surface area contributed by atoms with E-state index in [0.29, 0.717) is 11.5 Å². The number of carbonyl (C=O) groups excluding carboxylic acids is 1. The Morgan fingerprint density at radius 3 is 2.53 bits per heavy atom. The van der Waals surface area contributed by atoms with Crippen molar-refractivity contribution >= 4 is 17.0 Å². The van der Waals surface area contributed by atoms with Crippen LogP contribution in [0.25, 0.3) is 22.6 Å². The number of aromatic nitrogens is 1. The van der Waals surface area contributed by atoms with Crippen LogP contribution in [0.15, 0.2) is 52.9 Å². The smallest absolute Gasteiger partial charge is 0.253 e. The van der Waals surface area contributed by atoms with Crippen molar-refractivity contribution in [2.75, 3.05) is 7.05 Å². The van der Waals surface area contributed by atoms with Gasteiger partial charge in [0.2, 0.25) is 5.89 Å². The Morgan fingerprint density at radius 2 is 1.84 bits per heavy atom. The van der Waals surface area contributed by atoms with Gasteiger partial charge in [0.25, 0.3) is 5.91 Å². The van der Waals surface area contributed by atoms with Crippen molar-refractivity contribution in [2.24, 2.45) is 0 Å². The standard InChI is InChI=1S/C25H30N4O3/c1-25(14-5-15-25)27-29(31)20-13-12-19(16-20)28(2)24(30)18-10-8-17(9-11-18)23-26-21-6-3-4-7-22(21)32-23/h3-4,6-11,19-20,27,31H,5,12-16H2,1-2H3. The number of hydrogen-bond acceptors (Lipinski definition) is 6. The van der Waals surface area contributed by atoms with Gasteiger partial charge in [-0.1, -0.05) is 12.1 Å². The molecule has 0 spiro atoms. The topological polar surface area (TPSA) is 81.8 Å². The Kier molecular flexibility index (Phi) is 5.49. The number of nitrogens with one attached hydrogen (secondary N) is 1. The number of amides is 1. The van der Waals surface area contributed by atoms with E-state index in [-0.39, 0.29) is 23.5 Å². The van der Waals surface area contributed by atoms with Gasteiger partial charge in [-0.2, -0.15) is 0 Å². The first kappa shape index (κ1) is 21.1. The maximum Gasteiger partial charge on any atom is 0.253 e. The molecule has 1 aromatic heterocycles. The van der Waals surface area contributed by atoms with Crippen LogP contribution < -0.4 is 5.43 Å². The Labute approximate surface area is 188 Å². The fraction of sp³-hybridized carbons (Fsp3) is 0.440. The zero-order valence-corrected chi connectivity index (χ0v) is 18.6. The van der Waals surface area contributed by atoms with E-state index in [1.54, 1.807) is 0 Å². The molecule has 2 unspecified atom stereocenters. The molecule has 7 nitrogen and oxygen atoms in total. The molecule has 1 amide bonds. The number of hydroxylamine groups is 1. The van der Waals surface area contributed by atoms with Crippen molar-refractivity contribution in [3.05, 3.63) is 54.1 Å². The quantitative estimate of drug-likeness (QED) is 0.551. The van der Waals surface area contributed by atoms with Gasteiger partial charge in [-0.05, 0) is 81.8 Å². The van der Waals surface area contributed by atoms with Crippen LogP contribution in [0.2, 0.25) is 0 Å². The number of nitrogens with zero attached hydrogens (tertiary/aromatic N) is 3. The first-order valence-corrected chi connectivity index (χ1v) is 11.4. The second-order valence-electron chi connectivity index (χ2n) is 9.47. The third-order valence-corrected chi connectivity index (χ3v) is 7.11. The van der Waals surface area contributed by atoms with Crippen LogP contribution in [0.5, 0.6) is 0 Å². The van der Waals surface area contributed by atoms with Crippen molar-refractivity contribution < 1.29 is 14.4 Å². The predicted octanol–water partition coefficient (Wildman–Crippen LogP) is 4.63. The fourth-order valence-corrected chi connectivity index (χ4v) is 4.82. The molecule has 0 bridgehead atoms. The lowest BCUT2D eigenvalue weighted by Gasteiger charge is -2.42. The van der Waals surface area contributed by atoms with E-state index in [0.717, 1.165) is 48.8 Å². The summed E-state index contributed by atoms with van der Waals surface area (Å²) in [4.78, 5) is 19.4. The highest BCUT2D eigenvalue weighted by atomic mass is 16.5. The van der Waals surface area contributed by atoms with E-state index in [1.165, 1.54) is 11.6 Å². The summed E-state index contributed by atoms with van der Waals surface area (Å²) in [6.07, 6.45) is 5.86. The summed E-state index contributed by atoms with van der Waals surface area (Å²) in [6.45, 7) is 2.15. The predicted molar refractivity (Wildman–Crippen MR) is 122 cm³/mol. The zero-order valence-electron chi connectivity index (χ0n) is 18.6. The minimum Gasteiger partial charge on any atom is -0.436 e. The number of carbonyl (C=O) groups is 1. The van der Waals surface area contributed by atoms with Gasteiger partial charge in [0, 0.05) is 29.8 Å². The molecule has 1 heterocycles. The lowest BCUT2D eigenvalue weighted by Crippen LogP contribution is -2.57. The zero-order chi connectivity index (χ0) is 22.3. The van der Waals surface area contributed by atoms with Gasteiger partial charge >= 0.3 is 0 Å². The van der Waals surface area contributed by atoms with Crippen LogP contribution in [0.3, 0.4) is 0 Å². The highest BCUT2D eigenvalue weighted by Gasteiger charge is 2.38. The molecule has 168 valence electrons. The van der Waals surface area contributed by atoms with Gasteiger partial charge in [0.05, 0.1) is 6.04 Å². The minimum atomic E-state index is -0.0110. The Morgan fingerprint density at radius 1 is 1.12 bits per heavy atom. The second-order valence-corrected chi connectivity index (χ2v) is 9.47. The third-order valence-electron chi connectivity index (χ3n) is 7.11. The normalized spacial score (nSPS) is 22.2. The van der Waals surface area contributed by atoms with Gasteiger partial charge < -0.3 is 9.32 Å². The first-order valence-electron chi connectivity index (χ1n) is 11.4. The largest absolute Gasteiger partial charge is 0.436 e. The summed E-state index contributed by atoms with van der Waals surface area (Å²) in [6, 6.07) is 15.2. The molecular formula is C25H30N4O3. The van der Waals surface area contributed by atoms with E-state index >= 15 is 0 Å². The summed E-state index contributed by atoms with van der Waals surface area (Å²) in [7, 11) is 1.85. The number of para-hydroxylation sites is 2. The van der Waals surface area contributed by atoms with Gasteiger partial charge in [-0.3, -0.25) is 10.0 Å². The van der Waals surface area contributed by atoms with Crippen LogP contribution in [-0.4, -0.2) is 50.8 Å². The van der Waals surface area contributed by atoms with Gasteiger partial charge in [0.15, 0.2) is 5.58 Å². The number of hydrogen-bond donors (Lipinski definition) is 2. The first-order chi connectivity index (χ1) is 15.4. The molecule has 0 radical (unpaired) electrons. The van der Waals surface area contributed by atoms with Gasteiger partial charge in [-0.15, -0.1) is 5.17 Å². The molecule has 2 aliphatic rings. The highest BCUT2D eigenvalue weighted by Crippen LogP contribution is 2.33. The summed E-state index contributed by atoms with van der Waals surface area (Å²) < 4.78 is 5.82. The van der Waals surface area contributed by atoms with Gasteiger partial charge in [-0.25, -0.2) is 10.4 Å². The molecule has 2 atom stereocenters. The lowest BCUT2D eigenvalue weighted by molar-refractivity contribution is -0.197. The average Bonchev–Trinajstić information content (AvgIpc) is 3.44. The molecule has 7 heteroatoms. The Hall–Kier alpha value is -2.74. The fourth-order valence-electron chi connectivity index (χ4n) is 4.82. The van der Waals surface area contributed by atoms with Crippen molar-refractivity contribution in [1.29, 1.82) is 0 Å². The number of benzene rings is 2. The summed E-state index contributed by atoms with van der Waals surface area (Å²) in [5.74, 6) is 0.538. The molecular weight excluding hydrogens is 404 g/mol. The summed E-state index contributed by atoms with van der Waals surface area (Å²) in [5, 5.41) is 11.8. The number of rotatable bonds is 6. The number of fused-ring (bicyclic) bond motifs is 1.